The summed E-state index contributed by atoms with van der Waals surface area (Å²) in [4.78, 5) is 0. The summed E-state index contributed by atoms with van der Waals surface area (Å²) < 4.78 is 5.38. The van der Waals surface area contributed by atoms with Crippen molar-refractivity contribution in [2.75, 3.05) is 0 Å². The minimum atomic E-state index is -0.985. The van der Waals surface area contributed by atoms with E-state index < -0.39 is 5.79 Å². The van der Waals surface area contributed by atoms with E-state index in [0.717, 1.165) is 12.8 Å². The van der Waals surface area contributed by atoms with Crippen LogP contribution in [0.3, 0.4) is 0 Å². The van der Waals surface area contributed by atoms with Gasteiger partial charge in [0.25, 0.3) is 0 Å². The van der Waals surface area contributed by atoms with E-state index in [9.17, 15) is 5.11 Å². The molecule has 2 heteroatoms. The number of ether oxygens (including phenoxy) is 1. The number of rotatable bonds is 2. The number of aliphatic hydroxyl groups is 1. The summed E-state index contributed by atoms with van der Waals surface area (Å²) in [5.41, 5.74) is 0.0453. The molecule has 2 nitrogen and oxygen atoms in total. The fraction of sp³-hybridized carbons (Fsp3) is 0.833. The average molecular weight is 196 g/mol. The van der Waals surface area contributed by atoms with Gasteiger partial charge in [-0.25, -0.2) is 0 Å². The standard InChI is InChI=1S/C12H20O2/c1-5-14-12(13)8-9-6-7-11(12,4)10(9,2)3/h5,9,13H,1,6-8H2,2-4H3. The first kappa shape index (κ1) is 10.0. The third-order valence-electron chi connectivity index (χ3n) is 5.10. The Morgan fingerprint density at radius 1 is 1.43 bits per heavy atom. The quantitative estimate of drug-likeness (QED) is 0.543. The maximum Gasteiger partial charge on any atom is 0.213 e. The molecule has 80 valence electrons. The molecule has 1 N–H and O–H groups in total. The van der Waals surface area contributed by atoms with Crippen LogP contribution in [0, 0.1) is 16.7 Å². The second-order valence-corrected chi connectivity index (χ2v) is 5.56. The highest BCUT2D eigenvalue weighted by molar-refractivity contribution is 5.14. The zero-order valence-electron chi connectivity index (χ0n) is 9.34. The zero-order valence-corrected chi connectivity index (χ0v) is 9.34. The first-order chi connectivity index (χ1) is 6.37. The summed E-state index contributed by atoms with van der Waals surface area (Å²) in [5, 5.41) is 10.5. The molecule has 2 bridgehead atoms. The van der Waals surface area contributed by atoms with Gasteiger partial charge in [0, 0.05) is 11.8 Å². The Labute approximate surface area is 86.0 Å². The molecule has 2 saturated carbocycles. The summed E-state index contributed by atoms with van der Waals surface area (Å²) in [7, 11) is 0. The normalized spacial score (nSPS) is 49.3. The summed E-state index contributed by atoms with van der Waals surface area (Å²) >= 11 is 0. The molecule has 2 aliphatic carbocycles. The molecule has 3 atom stereocenters. The smallest absolute Gasteiger partial charge is 0.213 e. The highest BCUT2D eigenvalue weighted by Gasteiger charge is 2.70. The van der Waals surface area contributed by atoms with Gasteiger partial charge in [-0.1, -0.05) is 27.4 Å². The molecule has 14 heavy (non-hydrogen) atoms. The molecule has 0 aromatic rings. The molecule has 0 saturated heterocycles. The Hall–Kier alpha value is -0.500. The predicted octanol–water partition coefficient (Wildman–Crippen LogP) is 2.68. The lowest BCUT2D eigenvalue weighted by molar-refractivity contribution is -0.245. The van der Waals surface area contributed by atoms with Gasteiger partial charge in [0.1, 0.15) is 0 Å². The van der Waals surface area contributed by atoms with Crippen molar-refractivity contribution < 1.29 is 9.84 Å². The highest BCUT2D eigenvalue weighted by Crippen LogP contribution is 2.69. The van der Waals surface area contributed by atoms with E-state index >= 15 is 0 Å². The van der Waals surface area contributed by atoms with Gasteiger partial charge < -0.3 is 9.84 Å². The van der Waals surface area contributed by atoms with Crippen molar-refractivity contribution in [2.24, 2.45) is 16.7 Å². The third kappa shape index (κ3) is 0.855. The van der Waals surface area contributed by atoms with Gasteiger partial charge in [-0.3, -0.25) is 0 Å². The molecule has 0 spiro atoms. The second kappa shape index (κ2) is 2.54. The number of hydrogen-bond acceptors (Lipinski definition) is 2. The number of fused-ring (bicyclic) bond motifs is 2. The fourth-order valence-electron chi connectivity index (χ4n) is 3.53. The van der Waals surface area contributed by atoms with Gasteiger partial charge in [0.15, 0.2) is 0 Å². The molecule has 0 aromatic carbocycles. The van der Waals surface area contributed by atoms with Crippen LogP contribution < -0.4 is 0 Å². The molecular weight excluding hydrogens is 176 g/mol. The van der Waals surface area contributed by atoms with Crippen molar-refractivity contribution in [1.29, 1.82) is 0 Å². The first-order valence-electron chi connectivity index (χ1n) is 5.38. The van der Waals surface area contributed by atoms with Crippen LogP contribution in [-0.4, -0.2) is 10.9 Å². The maximum atomic E-state index is 10.5. The van der Waals surface area contributed by atoms with E-state index in [1.807, 2.05) is 0 Å². The lowest BCUT2D eigenvalue weighted by atomic mass is 9.68. The van der Waals surface area contributed by atoms with Crippen LogP contribution in [0.15, 0.2) is 12.8 Å². The van der Waals surface area contributed by atoms with Crippen molar-refractivity contribution in [1.82, 2.24) is 0 Å². The molecule has 0 aromatic heterocycles. The molecule has 2 aliphatic rings. The van der Waals surface area contributed by atoms with Crippen LogP contribution >= 0.6 is 0 Å². The van der Waals surface area contributed by atoms with Gasteiger partial charge in [-0.05, 0) is 24.2 Å². The van der Waals surface area contributed by atoms with E-state index in [2.05, 4.69) is 27.4 Å². The fourth-order valence-corrected chi connectivity index (χ4v) is 3.53. The van der Waals surface area contributed by atoms with Crippen molar-refractivity contribution in [3.05, 3.63) is 12.8 Å². The van der Waals surface area contributed by atoms with E-state index in [-0.39, 0.29) is 10.8 Å². The van der Waals surface area contributed by atoms with E-state index in [4.69, 9.17) is 4.74 Å². The summed E-state index contributed by atoms with van der Waals surface area (Å²) in [6.07, 6.45) is 4.39. The lowest BCUT2D eigenvalue weighted by Crippen LogP contribution is -2.48. The number of hydrogen-bond donors (Lipinski definition) is 1. The maximum absolute atomic E-state index is 10.5. The van der Waals surface area contributed by atoms with Crippen LogP contribution in [0.4, 0.5) is 0 Å². The second-order valence-electron chi connectivity index (χ2n) is 5.56. The van der Waals surface area contributed by atoms with E-state index in [1.165, 1.54) is 12.7 Å². The third-order valence-corrected chi connectivity index (χ3v) is 5.10. The first-order valence-corrected chi connectivity index (χ1v) is 5.38. The highest BCUT2D eigenvalue weighted by atomic mass is 16.6. The van der Waals surface area contributed by atoms with E-state index in [1.54, 1.807) is 0 Å². The Kier molecular flexibility index (Phi) is 1.82. The molecule has 0 amide bonds. The molecule has 2 fully saturated rings. The summed E-state index contributed by atoms with van der Waals surface area (Å²) in [6, 6.07) is 0. The summed E-state index contributed by atoms with van der Waals surface area (Å²) in [5.74, 6) is -0.404. The van der Waals surface area contributed by atoms with Gasteiger partial charge in [-0.2, -0.15) is 0 Å². The van der Waals surface area contributed by atoms with Crippen molar-refractivity contribution >= 4 is 0 Å². The topological polar surface area (TPSA) is 29.5 Å². The van der Waals surface area contributed by atoms with E-state index in [0.29, 0.717) is 5.92 Å². The Morgan fingerprint density at radius 3 is 2.43 bits per heavy atom. The largest absolute Gasteiger partial charge is 0.470 e. The lowest BCUT2D eigenvalue weighted by Gasteiger charge is -2.43. The zero-order chi connectivity index (χ0) is 10.6. The minimum absolute atomic E-state index is 0.126. The van der Waals surface area contributed by atoms with Crippen LogP contribution in [0.25, 0.3) is 0 Å². The molecular formula is C12H20O2. The van der Waals surface area contributed by atoms with Crippen LogP contribution in [0.2, 0.25) is 0 Å². The monoisotopic (exact) mass is 196 g/mol. The van der Waals surface area contributed by atoms with Gasteiger partial charge in [0.05, 0.1) is 6.26 Å². The minimum Gasteiger partial charge on any atom is -0.470 e. The van der Waals surface area contributed by atoms with Gasteiger partial charge in [-0.15, -0.1) is 0 Å². The van der Waals surface area contributed by atoms with Crippen molar-refractivity contribution in [3.63, 3.8) is 0 Å². The molecule has 0 aliphatic heterocycles. The Bertz CT molecular complexity index is 271. The van der Waals surface area contributed by atoms with Crippen LogP contribution in [0.1, 0.15) is 40.0 Å². The predicted molar refractivity (Wildman–Crippen MR) is 55.5 cm³/mol. The van der Waals surface area contributed by atoms with Crippen molar-refractivity contribution in [2.45, 2.75) is 45.8 Å². The summed E-state index contributed by atoms with van der Waals surface area (Å²) in [6.45, 7) is 10.2. The SMILES string of the molecule is C=COC1(O)CC2CCC1(C)C2(C)C. The molecule has 2 rings (SSSR count). The van der Waals surface area contributed by atoms with Gasteiger partial charge in [0.2, 0.25) is 5.79 Å². The Morgan fingerprint density at radius 2 is 2.07 bits per heavy atom. The van der Waals surface area contributed by atoms with Crippen molar-refractivity contribution in [3.8, 4) is 0 Å². The molecule has 0 heterocycles. The average Bonchev–Trinajstić information content (AvgIpc) is 2.36. The van der Waals surface area contributed by atoms with Crippen LogP contribution in [-0.2, 0) is 4.74 Å². The molecule has 0 radical (unpaired) electrons. The van der Waals surface area contributed by atoms with Gasteiger partial charge >= 0.3 is 0 Å². The Balaban J connectivity index is 2.39. The van der Waals surface area contributed by atoms with Crippen LogP contribution in [0.5, 0.6) is 0 Å². The molecule has 3 unspecified atom stereocenters.